The molecule has 20 rings (SSSR count). The molecule has 0 bridgehead atoms. The van der Waals surface area contributed by atoms with Crippen molar-refractivity contribution in [2.75, 3.05) is 224 Å². The molecule has 0 saturated carbocycles. The Morgan fingerprint density at radius 3 is 0.950 bits per heavy atom. The highest BCUT2D eigenvalue weighted by atomic mass is 32.2. The molecule has 6 N–H and O–H groups in total. The van der Waals surface area contributed by atoms with Gasteiger partial charge in [0.15, 0.2) is 52.2 Å². The lowest BCUT2D eigenvalue weighted by Crippen LogP contribution is -2.44. The Morgan fingerprint density at radius 2 is 0.640 bits per heavy atom. The average molecular weight is 2000 g/mol. The molecular formula is C93H120N28O13S5. The van der Waals surface area contributed by atoms with Gasteiger partial charge >= 0.3 is 0 Å². The van der Waals surface area contributed by atoms with E-state index >= 15 is 0 Å². The van der Waals surface area contributed by atoms with Crippen LogP contribution in [0.1, 0.15) is 40.2 Å². The van der Waals surface area contributed by atoms with Crippen LogP contribution >= 0.6 is 0 Å². The summed E-state index contributed by atoms with van der Waals surface area (Å²) in [7, 11) is -12.1. The van der Waals surface area contributed by atoms with E-state index in [9.17, 15) is 21.0 Å². The highest BCUT2D eigenvalue weighted by molar-refractivity contribution is 7.94. The average Bonchev–Trinajstić information content (AvgIpc) is 1.61. The summed E-state index contributed by atoms with van der Waals surface area (Å²) in [4.78, 5) is 70.5. The van der Waals surface area contributed by atoms with Gasteiger partial charge in [0.2, 0.25) is 11.9 Å². The number of nitrogen functional groups attached to an aromatic ring is 3. The third-order valence-electron chi connectivity index (χ3n) is 23.8. The summed E-state index contributed by atoms with van der Waals surface area (Å²) in [6.07, 6.45) is 16.4. The van der Waals surface area contributed by atoms with Crippen LogP contribution in [0.15, 0.2) is 174 Å². The fraction of sp³-hybridized carbons (Fsp3) is 0.452. The quantitative estimate of drug-likeness (QED) is 0.0672. The van der Waals surface area contributed by atoms with Crippen LogP contribution in [-0.2, 0) is 86.5 Å². The van der Waals surface area contributed by atoms with E-state index in [0.717, 1.165) is 101 Å². The van der Waals surface area contributed by atoms with Gasteiger partial charge in [-0.2, -0.15) is 41.7 Å². The van der Waals surface area contributed by atoms with Gasteiger partial charge in [-0.3, -0.25) is 9.13 Å². The largest absolute Gasteiger partial charge is 0.399 e. The number of hydrogen-bond acceptors (Lipinski definition) is 39. The summed E-state index contributed by atoms with van der Waals surface area (Å²) in [5, 5.41) is -0.197. The van der Waals surface area contributed by atoms with E-state index in [1.165, 1.54) is 0 Å². The minimum Gasteiger partial charge on any atom is -0.399 e. The Kier molecular flexibility index (Phi) is 31.4. The zero-order valence-electron chi connectivity index (χ0n) is 80.2. The molecule has 0 spiro atoms. The number of rotatable bonds is 18. The predicted molar refractivity (Wildman–Crippen MR) is 546 cm³/mol. The van der Waals surface area contributed by atoms with Crippen molar-refractivity contribution < 1.29 is 58.9 Å². The molecule has 8 aliphatic heterocycles. The highest BCUT2D eigenvalue weighted by Crippen LogP contribution is 2.36. The van der Waals surface area contributed by atoms with Crippen molar-refractivity contribution in [1.29, 1.82) is 0 Å². The highest BCUT2D eigenvalue weighted by Gasteiger charge is 2.34. The molecule has 41 nitrogen and oxygen atoms in total. The Bertz CT molecular complexity index is 6750. The van der Waals surface area contributed by atoms with Gasteiger partial charge < -0.3 is 79.6 Å². The Balaban J connectivity index is 0.000000125. The minimum absolute atomic E-state index is 0.0657. The van der Waals surface area contributed by atoms with Crippen molar-refractivity contribution in [2.45, 2.75) is 87.5 Å². The van der Waals surface area contributed by atoms with Crippen LogP contribution in [0.25, 0.3) is 68.3 Å². The van der Waals surface area contributed by atoms with Crippen molar-refractivity contribution in [3.8, 4) is 46.1 Å². The summed E-state index contributed by atoms with van der Waals surface area (Å²) in [6.45, 7) is 25.3. The van der Waals surface area contributed by atoms with Gasteiger partial charge in [0, 0.05) is 166 Å². The van der Waals surface area contributed by atoms with Crippen LogP contribution in [0.3, 0.4) is 0 Å². The fourth-order valence-electron chi connectivity index (χ4n) is 15.9. The number of imidazole rings is 2. The molecule has 1 unspecified atom stereocenters. The molecule has 46 heteroatoms. The number of benzene rings is 4. The van der Waals surface area contributed by atoms with Crippen LogP contribution in [-0.4, -0.2) is 323 Å². The molecule has 8 atom stereocenters. The van der Waals surface area contributed by atoms with Gasteiger partial charge in [-0.1, -0.05) is 42.5 Å². The number of anilines is 8. The number of hydrogen-bond donors (Lipinski definition) is 3. The SMILES string of the molecule is C[C@@H]1COCCN1c1cc(N=S(C)(=O)C2COC2)nc(-c2cccc(N)c2)n1.C[C@@H]1COCCN1c1cc(N=S(C)(C)=O)nc(-n2cnc3ncccc32)n1.C[C@@H]1COCCN1c1cc(N=[S@@](C)(=O)C2COC2)nc(-c2cccc(N)c2)n1.C[C@@H]1COCCN1c1cc(N=[S@](C)(=O)C2COC2)nc(-c2cccc(N)c2)n1.Cc1ccc2ncn(-c3nc(N=S(C)(C)=O)cc(N4CCOC[C@H]4C)n3)c2c1. The first kappa shape index (κ1) is 100. The smallest absolute Gasteiger partial charge is 0.239 e. The molecule has 4 aromatic carbocycles. The van der Waals surface area contributed by atoms with Gasteiger partial charge in [-0.25, -0.2) is 65.9 Å². The number of aryl methyl sites for hydroxylation is 1. The fourth-order valence-corrected chi connectivity index (χ4v) is 21.0. The van der Waals surface area contributed by atoms with Crippen LogP contribution < -0.4 is 41.7 Å². The number of morpholine rings is 5. The van der Waals surface area contributed by atoms with Crippen LogP contribution in [0, 0.1) is 6.92 Å². The maximum Gasteiger partial charge on any atom is 0.239 e. The van der Waals surface area contributed by atoms with Crippen molar-refractivity contribution >= 4 is 146 Å². The summed E-state index contributed by atoms with van der Waals surface area (Å²) < 4.78 is 133. The van der Waals surface area contributed by atoms with Crippen LogP contribution in [0.2, 0.25) is 0 Å². The summed E-state index contributed by atoms with van der Waals surface area (Å²) in [5.74, 6) is 8.20. The third-order valence-corrected chi connectivity index (χ3v) is 31.2. The number of ether oxygens (including phenoxy) is 8. The van der Waals surface area contributed by atoms with E-state index < -0.39 is 48.6 Å². The van der Waals surface area contributed by atoms with Gasteiger partial charge in [0.25, 0.3) is 0 Å². The van der Waals surface area contributed by atoms with E-state index in [2.05, 4.69) is 127 Å². The number of aromatic nitrogens is 15. The van der Waals surface area contributed by atoms with E-state index in [4.69, 9.17) is 80.0 Å². The Morgan fingerprint density at radius 1 is 0.324 bits per heavy atom. The van der Waals surface area contributed by atoms with E-state index in [1.54, 1.807) is 97.5 Å². The summed E-state index contributed by atoms with van der Waals surface area (Å²) in [5.41, 5.74) is 26.4. The third kappa shape index (κ3) is 25.5. The number of nitrogens with two attached hydrogens (primary N) is 3. The maximum absolute atomic E-state index is 13.0. The molecule has 8 fully saturated rings. The summed E-state index contributed by atoms with van der Waals surface area (Å²) in [6, 6.07) is 41.9. The molecule has 0 radical (unpaired) electrons. The lowest BCUT2D eigenvalue weighted by molar-refractivity contribution is 0.0430. The lowest BCUT2D eigenvalue weighted by atomic mass is 10.2. The van der Waals surface area contributed by atoms with Gasteiger partial charge in [0.05, 0.1) is 197 Å². The molecule has 139 heavy (non-hydrogen) atoms. The molecule has 0 amide bonds. The predicted octanol–water partition coefficient (Wildman–Crippen LogP) is 10.7. The van der Waals surface area contributed by atoms with Crippen LogP contribution in [0.5, 0.6) is 0 Å². The van der Waals surface area contributed by atoms with E-state index in [1.807, 2.05) is 109 Å². The van der Waals surface area contributed by atoms with Crippen molar-refractivity contribution in [3.63, 3.8) is 0 Å². The number of pyridine rings is 1. The molecular weight excluding hydrogens is 1880 g/mol. The van der Waals surface area contributed by atoms with Crippen molar-refractivity contribution in [2.24, 2.45) is 21.8 Å². The second-order valence-electron chi connectivity index (χ2n) is 35.9. The molecule has 740 valence electrons. The van der Waals surface area contributed by atoms with Gasteiger partial charge in [-0.15, -0.1) is 0 Å². The zero-order valence-corrected chi connectivity index (χ0v) is 84.2. The monoisotopic (exact) mass is 2000 g/mol. The zero-order chi connectivity index (χ0) is 98.1. The topological polar surface area (TPSA) is 493 Å². The first-order chi connectivity index (χ1) is 66.5. The number of nitrogens with zero attached hydrogens (tertiary/aromatic N) is 25. The Hall–Kier alpha value is -11.8. The normalized spacial score (nSPS) is 20.6. The first-order valence-corrected chi connectivity index (χ1v) is 56.3. The molecule has 16 heterocycles. The Labute approximate surface area is 810 Å². The molecule has 8 aromatic heterocycles. The van der Waals surface area contributed by atoms with Crippen molar-refractivity contribution in [3.05, 3.63) is 158 Å². The van der Waals surface area contributed by atoms with E-state index in [0.29, 0.717) is 187 Å². The number of fused-ring (bicyclic) bond motifs is 2. The molecule has 0 aliphatic carbocycles. The standard InChI is InChI=1S/C19H24N6O2S.3C19H25N5O3S.C17H21N7O2S/c1-13-5-6-15-16(9-13)25(12-20-15)19-21-17(23-28(3,4)26)10-18(22-19)24-7-8-27-11-14(24)2;3*1-13-10-26-7-6-24(13)18-9-17(23-28(2,25)16-11-27-12-16)21-19(22-18)14-4-3-5-15(20)8-14;1-12-10-26-8-7-23(12)15-9-14(22-27(2,3)25)20-17(21-15)24-11-19-16-13(24)5-4-6-18-16/h5-6,9-10,12,14H,7-8,11H2,1-4H3;3*3-5,8-9,13,16H,6-7,10-12,20H2,1-2H3;4-6,9,11-12H,7-8,10H2,1-3H3/t14-;13-,28?;13-,28+;13-,28-;12-/m11111/s1. The first-order valence-electron chi connectivity index (χ1n) is 45.7. The van der Waals surface area contributed by atoms with Gasteiger partial charge in [-0.05, 0) is 108 Å². The minimum atomic E-state index is -2.45. The van der Waals surface area contributed by atoms with E-state index in [-0.39, 0.29) is 46.0 Å². The van der Waals surface area contributed by atoms with Crippen molar-refractivity contribution in [1.82, 2.24) is 73.9 Å². The maximum atomic E-state index is 13.0. The molecule has 8 aliphatic rings. The lowest BCUT2D eigenvalue weighted by Gasteiger charge is -2.34. The molecule has 8 saturated heterocycles. The second-order valence-corrected chi connectivity index (χ2v) is 48.7. The van der Waals surface area contributed by atoms with Gasteiger partial charge in [0.1, 0.15) is 41.7 Å². The molecule has 12 aromatic rings. The second kappa shape index (κ2) is 43.5. The summed E-state index contributed by atoms with van der Waals surface area (Å²) >= 11 is 0. The van der Waals surface area contributed by atoms with Crippen LogP contribution in [0.4, 0.5) is 75.2 Å².